The van der Waals surface area contributed by atoms with Crippen LogP contribution in [0.1, 0.15) is 31.1 Å². The van der Waals surface area contributed by atoms with Gasteiger partial charge in [-0.3, -0.25) is 0 Å². The van der Waals surface area contributed by atoms with Crippen molar-refractivity contribution in [2.75, 3.05) is 0 Å². The predicted molar refractivity (Wildman–Crippen MR) is 74.1 cm³/mol. The van der Waals surface area contributed by atoms with E-state index in [-0.39, 0.29) is 6.04 Å². The van der Waals surface area contributed by atoms with E-state index in [2.05, 4.69) is 29.5 Å². The van der Waals surface area contributed by atoms with Gasteiger partial charge in [0.1, 0.15) is 0 Å². The number of allylic oxidation sites excluding steroid dienone is 2. The molecule has 0 amide bonds. The molecule has 1 aromatic heterocycles. The van der Waals surface area contributed by atoms with E-state index in [0.717, 1.165) is 17.8 Å². The summed E-state index contributed by atoms with van der Waals surface area (Å²) in [4.78, 5) is 4.20. The topological polar surface area (TPSA) is 43.8 Å². The highest BCUT2D eigenvalue weighted by Gasteiger charge is 2.12. The summed E-state index contributed by atoms with van der Waals surface area (Å²) >= 11 is 0. The summed E-state index contributed by atoms with van der Waals surface area (Å²) in [6.45, 7) is 5.00. The maximum absolute atomic E-state index is 6.29. The summed E-state index contributed by atoms with van der Waals surface area (Å²) in [5.74, 6) is 0. The molecular weight excluding hydrogens is 222 g/mol. The van der Waals surface area contributed by atoms with Gasteiger partial charge in [-0.05, 0) is 19.4 Å². The molecular formula is C15H19N3. The average molecular weight is 241 g/mol. The summed E-state index contributed by atoms with van der Waals surface area (Å²) in [5.41, 5.74) is 9.73. The SMILES string of the molecule is CC(C)=CCn1cncc1C(N)c1ccccc1. The molecule has 1 heterocycles. The van der Waals surface area contributed by atoms with Gasteiger partial charge in [0, 0.05) is 6.54 Å². The molecule has 0 aliphatic carbocycles. The second-order valence-electron chi connectivity index (χ2n) is 4.64. The lowest BCUT2D eigenvalue weighted by molar-refractivity contribution is 0.704. The second kappa shape index (κ2) is 5.65. The van der Waals surface area contributed by atoms with Crippen molar-refractivity contribution in [3.05, 3.63) is 65.8 Å². The van der Waals surface area contributed by atoms with Gasteiger partial charge in [0.2, 0.25) is 0 Å². The van der Waals surface area contributed by atoms with E-state index in [1.807, 2.05) is 42.9 Å². The molecule has 0 spiro atoms. The van der Waals surface area contributed by atoms with Gasteiger partial charge in [-0.2, -0.15) is 0 Å². The summed E-state index contributed by atoms with van der Waals surface area (Å²) in [6.07, 6.45) is 5.84. The van der Waals surface area contributed by atoms with E-state index in [4.69, 9.17) is 5.73 Å². The minimum Gasteiger partial charge on any atom is -0.329 e. The number of benzene rings is 1. The van der Waals surface area contributed by atoms with Crippen LogP contribution in [0.15, 0.2) is 54.5 Å². The lowest BCUT2D eigenvalue weighted by atomic mass is 10.1. The lowest BCUT2D eigenvalue weighted by Gasteiger charge is -2.14. The maximum atomic E-state index is 6.29. The van der Waals surface area contributed by atoms with Gasteiger partial charge in [-0.25, -0.2) is 4.98 Å². The van der Waals surface area contributed by atoms with E-state index in [1.165, 1.54) is 5.57 Å². The van der Waals surface area contributed by atoms with E-state index in [0.29, 0.717) is 0 Å². The lowest BCUT2D eigenvalue weighted by Crippen LogP contribution is -2.16. The number of aromatic nitrogens is 2. The summed E-state index contributed by atoms with van der Waals surface area (Å²) in [7, 11) is 0. The van der Waals surface area contributed by atoms with Crippen LogP contribution in [0.25, 0.3) is 0 Å². The number of hydrogen-bond donors (Lipinski definition) is 1. The van der Waals surface area contributed by atoms with Crippen LogP contribution in [-0.4, -0.2) is 9.55 Å². The van der Waals surface area contributed by atoms with Gasteiger partial charge in [-0.1, -0.05) is 42.0 Å². The number of imidazole rings is 1. The third-order valence-electron chi connectivity index (χ3n) is 2.92. The molecule has 2 aromatic rings. The Bertz CT molecular complexity index is 522. The van der Waals surface area contributed by atoms with Crippen molar-refractivity contribution in [2.24, 2.45) is 5.73 Å². The molecule has 18 heavy (non-hydrogen) atoms. The van der Waals surface area contributed by atoms with Crippen molar-refractivity contribution in [3.8, 4) is 0 Å². The first-order chi connectivity index (χ1) is 8.68. The third-order valence-corrected chi connectivity index (χ3v) is 2.92. The van der Waals surface area contributed by atoms with Crippen LogP contribution in [0.4, 0.5) is 0 Å². The summed E-state index contributed by atoms with van der Waals surface area (Å²) in [6, 6.07) is 9.97. The Morgan fingerprint density at radius 3 is 2.72 bits per heavy atom. The van der Waals surface area contributed by atoms with Crippen LogP contribution in [0.3, 0.4) is 0 Å². The molecule has 3 heteroatoms. The normalized spacial score (nSPS) is 12.2. The Hall–Kier alpha value is -1.87. The van der Waals surface area contributed by atoms with Gasteiger partial charge in [-0.15, -0.1) is 0 Å². The fourth-order valence-corrected chi connectivity index (χ4v) is 1.85. The summed E-state index contributed by atoms with van der Waals surface area (Å²) in [5, 5.41) is 0. The molecule has 0 radical (unpaired) electrons. The van der Waals surface area contributed by atoms with Gasteiger partial charge in [0.05, 0.1) is 24.3 Å². The molecule has 0 saturated carbocycles. The zero-order valence-electron chi connectivity index (χ0n) is 10.9. The highest BCUT2D eigenvalue weighted by atomic mass is 15.1. The molecule has 3 nitrogen and oxygen atoms in total. The fraction of sp³-hybridized carbons (Fsp3) is 0.267. The molecule has 0 aliphatic rings. The molecule has 1 atom stereocenters. The van der Waals surface area contributed by atoms with E-state index in [1.54, 1.807) is 0 Å². The van der Waals surface area contributed by atoms with Crippen molar-refractivity contribution < 1.29 is 0 Å². The largest absolute Gasteiger partial charge is 0.329 e. The minimum absolute atomic E-state index is 0.126. The fourth-order valence-electron chi connectivity index (χ4n) is 1.85. The molecule has 2 N–H and O–H groups in total. The molecule has 94 valence electrons. The minimum atomic E-state index is -0.126. The van der Waals surface area contributed by atoms with Crippen molar-refractivity contribution in [1.29, 1.82) is 0 Å². The van der Waals surface area contributed by atoms with Gasteiger partial charge >= 0.3 is 0 Å². The molecule has 1 aromatic carbocycles. The quantitative estimate of drug-likeness (QED) is 0.836. The second-order valence-corrected chi connectivity index (χ2v) is 4.64. The van der Waals surface area contributed by atoms with Crippen LogP contribution in [0, 0.1) is 0 Å². The Morgan fingerprint density at radius 1 is 1.33 bits per heavy atom. The Kier molecular flexibility index (Phi) is 3.95. The summed E-state index contributed by atoms with van der Waals surface area (Å²) < 4.78 is 2.09. The monoisotopic (exact) mass is 241 g/mol. The van der Waals surface area contributed by atoms with E-state index < -0.39 is 0 Å². The van der Waals surface area contributed by atoms with Crippen molar-refractivity contribution in [1.82, 2.24) is 9.55 Å². The molecule has 0 fully saturated rings. The zero-order valence-corrected chi connectivity index (χ0v) is 10.9. The van der Waals surface area contributed by atoms with E-state index in [9.17, 15) is 0 Å². The first kappa shape index (κ1) is 12.6. The standard InChI is InChI=1S/C15H19N3/c1-12(2)8-9-18-11-17-10-14(18)15(16)13-6-4-3-5-7-13/h3-8,10-11,15H,9,16H2,1-2H3. The Balaban J connectivity index is 2.24. The number of nitrogens with zero attached hydrogens (tertiary/aromatic N) is 2. The smallest absolute Gasteiger partial charge is 0.0951 e. The highest BCUT2D eigenvalue weighted by Crippen LogP contribution is 2.18. The van der Waals surface area contributed by atoms with Crippen molar-refractivity contribution in [2.45, 2.75) is 26.4 Å². The molecule has 0 aliphatic heterocycles. The Labute approximate surface area is 108 Å². The van der Waals surface area contributed by atoms with Crippen LogP contribution in [0.5, 0.6) is 0 Å². The first-order valence-corrected chi connectivity index (χ1v) is 6.12. The van der Waals surface area contributed by atoms with Crippen molar-refractivity contribution >= 4 is 0 Å². The van der Waals surface area contributed by atoms with Crippen LogP contribution < -0.4 is 5.73 Å². The molecule has 0 saturated heterocycles. The number of nitrogens with two attached hydrogens (primary N) is 1. The Morgan fingerprint density at radius 2 is 2.06 bits per heavy atom. The highest BCUT2D eigenvalue weighted by molar-refractivity contribution is 5.26. The number of hydrogen-bond acceptors (Lipinski definition) is 2. The third kappa shape index (κ3) is 2.87. The molecule has 0 bridgehead atoms. The maximum Gasteiger partial charge on any atom is 0.0951 e. The van der Waals surface area contributed by atoms with E-state index >= 15 is 0 Å². The molecule has 1 unspecified atom stereocenters. The van der Waals surface area contributed by atoms with Crippen LogP contribution in [0.2, 0.25) is 0 Å². The molecule has 2 rings (SSSR count). The number of rotatable bonds is 4. The van der Waals surface area contributed by atoms with Gasteiger partial charge in [0.15, 0.2) is 0 Å². The van der Waals surface area contributed by atoms with Crippen LogP contribution in [-0.2, 0) is 6.54 Å². The van der Waals surface area contributed by atoms with Gasteiger partial charge in [0.25, 0.3) is 0 Å². The average Bonchev–Trinajstić information content (AvgIpc) is 2.85. The van der Waals surface area contributed by atoms with Crippen molar-refractivity contribution in [3.63, 3.8) is 0 Å². The zero-order chi connectivity index (χ0) is 13.0. The predicted octanol–water partition coefficient (Wildman–Crippen LogP) is 2.90. The van der Waals surface area contributed by atoms with Gasteiger partial charge < -0.3 is 10.3 Å². The van der Waals surface area contributed by atoms with Crippen LogP contribution >= 0.6 is 0 Å². The first-order valence-electron chi connectivity index (χ1n) is 6.12.